The molecule has 144 valence electrons. The van der Waals surface area contributed by atoms with Gasteiger partial charge in [0.2, 0.25) is 0 Å². The molecule has 3 heterocycles. The van der Waals surface area contributed by atoms with Crippen molar-refractivity contribution >= 4 is 17.6 Å². The number of hydrogen-bond acceptors (Lipinski definition) is 6. The minimum atomic E-state index is -0.494. The lowest BCUT2D eigenvalue weighted by Crippen LogP contribution is -2.66. The Hall–Kier alpha value is -2.52. The maximum atomic E-state index is 14.1. The van der Waals surface area contributed by atoms with Gasteiger partial charge in [-0.3, -0.25) is 20.0 Å². The summed E-state index contributed by atoms with van der Waals surface area (Å²) in [6.45, 7) is 4.78. The fraction of sp³-hybridized carbons (Fsp3) is 0.500. The number of halogens is 1. The van der Waals surface area contributed by atoms with Gasteiger partial charge in [0.25, 0.3) is 5.91 Å². The van der Waals surface area contributed by atoms with Crippen LogP contribution in [0.3, 0.4) is 0 Å². The number of fused-ring (bicyclic) bond motifs is 3. The molecule has 3 aliphatic heterocycles. The first-order valence-electron chi connectivity index (χ1n) is 9.06. The number of hydrogen-bond donors (Lipinski definition) is 1. The number of rotatable bonds is 3. The summed E-state index contributed by atoms with van der Waals surface area (Å²) in [5.74, 6) is -0.500. The van der Waals surface area contributed by atoms with Crippen molar-refractivity contribution in [2.45, 2.75) is 38.9 Å². The molecule has 0 bridgehead atoms. The lowest BCUT2D eigenvalue weighted by Gasteiger charge is -2.42. The van der Waals surface area contributed by atoms with E-state index in [1.54, 1.807) is 42.1 Å². The third-order valence-corrected chi connectivity index (χ3v) is 5.36. The smallest absolute Gasteiger partial charge is 0.310 e. The first-order valence-corrected chi connectivity index (χ1v) is 9.06. The third-order valence-electron chi connectivity index (χ3n) is 5.36. The predicted octanol–water partition coefficient (Wildman–Crippen LogP) is 0.815. The molecule has 8 nitrogen and oxygen atoms in total. The number of benzene rings is 1. The molecule has 1 aromatic rings. The van der Waals surface area contributed by atoms with Gasteiger partial charge in [0.1, 0.15) is 18.0 Å². The highest BCUT2D eigenvalue weighted by molar-refractivity contribution is 6.01. The van der Waals surface area contributed by atoms with E-state index in [1.165, 1.54) is 11.0 Å². The fourth-order valence-corrected chi connectivity index (χ4v) is 4.06. The van der Waals surface area contributed by atoms with Gasteiger partial charge in [0.15, 0.2) is 6.29 Å². The van der Waals surface area contributed by atoms with Crippen molar-refractivity contribution in [3.8, 4) is 0 Å². The molecular formula is C18H23FN6O2. The van der Waals surface area contributed by atoms with Crippen molar-refractivity contribution in [1.29, 1.82) is 0 Å². The molecule has 2 saturated heterocycles. The van der Waals surface area contributed by atoms with Gasteiger partial charge in [-0.2, -0.15) is 5.10 Å². The molecule has 3 amide bonds. The van der Waals surface area contributed by atoms with Crippen LogP contribution in [0.4, 0.5) is 9.18 Å². The van der Waals surface area contributed by atoms with Gasteiger partial charge < -0.3 is 4.90 Å². The Kier molecular flexibility index (Phi) is 4.35. The fourth-order valence-electron chi connectivity index (χ4n) is 4.06. The number of likely N-dealkylation sites (N-methyl/N-ethyl adjacent to an activating group) is 2. The Morgan fingerprint density at radius 1 is 1.30 bits per heavy atom. The van der Waals surface area contributed by atoms with Gasteiger partial charge in [-0.25, -0.2) is 14.1 Å². The van der Waals surface area contributed by atoms with Crippen molar-refractivity contribution in [3.05, 3.63) is 35.6 Å². The summed E-state index contributed by atoms with van der Waals surface area (Å²) < 4.78 is 14.1. The number of nitrogens with zero attached hydrogens (tertiary/aromatic N) is 5. The number of hydrazone groups is 1. The summed E-state index contributed by atoms with van der Waals surface area (Å²) in [6.07, 6.45) is -0.832. The average Bonchev–Trinajstić information content (AvgIpc) is 3.02. The third kappa shape index (κ3) is 2.78. The van der Waals surface area contributed by atoms with Gasteiger partial charge in [-0.05, 0) is 19.9 Å². The SMILES string of the molecule is CCN1C(=O)C2C(NC3N(Cc4ccccc4F)N=C(C)CN23)N(C)C1=O. The average molecular weight is 374 g/mol. The summed E-state index contributed by atoms with van der Waals surface area (Å²) in [7, 11) is 1.69. The van der Waals surface area contributed by atoms with Crippen molar-refractivity contribution < 1.29 is 14.0 Å². The van der Waals surface area contributed by atoms with Crippen LogP contribution in [-0.4, -0.2) is 76.0 Å². The van der Waals surface area contributed by atoms with Crippen LogP contribution in [0.5, 0.6) is 0 Å². The molecule has 2 fully saturated rings. The first-order chi connectivity index (χ1) is 12.9. The van der Waals surface area contributed by atoms with Crippen molar-refractivity contribution in [1.82, 2.24) is 25.0 Å². The van der Waals surface area contributed by atoms with Crippen molar-refractivity contribution in [2.75, 3.05) is 20.1 Å². The van der Waals surface area contributed by atoms with Crippen LogP contribution in [0.25, 0.3) is 0 Å². The van der Waals surface area contributed by atoms with Crippen molar-refractivity contribution in [2.24, 2.45) is 5.10 Å². The van der Waals surface area contributed by atoms with Crippen molar-refractivity contribution in [3.63, 3.8) is 0 Å². The summed E-state index contributed by atoms with van der Waals surface area (Å²) in [4.78, 5) is 30.3. The monoisotopic (exact) mass is 374 g/mol. The Morgan fingerprint density at radius 3 is 2.74 bits per heavy atom. The standard InChI is InChI=1S/C18H23FN6O2/c1-4-23-16(26)14-15(22(3)18(23)27)20-17-24(14)9-11(2)21-25(17)10-12-7-5-6-8-13(12)19/h5-8,14-15,17,20H,4,9-10H2,1-3H3. The number of amides is 3. The van der Waals surface area contributed by atoms with Gasteiger partial charge in [0, 0.05) is 31.4 Å². The highest BCUT2D eigenvalue weighted by atomic mass is 19.1. The molecule has 0 aromatic heterocycles. The lowest BCUT2D eigenvalue weighted by molar-refractivity contribution is -0.138. The van der Waals surface area contributed by atoms with Gasteiger partial charge >= 0.3 is 6.03 Å². The number of urea groups is 1. The second kappa shape index (κ2) is 6.58. The summed E-state index contributed by atoms with van der Waals surface area (Å²) in [6, 6.07) is 5.77. The lowest BCUT2D eigenvalue weighted by atomic mass is 10.1. The topological polar surface area (TPSA) is 71.5 Å². The van der Waals surface area contributed by atoms with Crippen LogP contribution in [0.1, 0.15) is 19.4 Å². The van der Waals surface area contributed by atoms with Crippen LogP contribution >= 0.6 is 0 Å². The molecule has 4 rings (SSSR count). The normalized spacial score (nSPS) is 28.4. The molecular weight excluding hydrogens is 351 g/mol. The molecule has 27 heavy (non-hydrogen) atoms. The van der Waals surface area contributed by atoms with E-state index >= 15 is 0 Å². The Balaban J connectivity index is 1.65. The van der Waals surface area contributed by atoms with Gasteiger partial charge in [0.05, 0.1) is 6.54 Å². The van der Waals surface area contributed by atoms with Gasteiger partial charge in [-0.15, -0.1) is 0 Å². The van der Waals surface area contributed by atoms with Crippen LogP contribution in [0.2, 0.25) is 0 Å². The van der Waals surface area contributed by atoms with E-state index in [2.05, 4.69) is 10.4 Å². The maximum Gasteiger partial charge on any atom is 0.327 e. The molecule has 3 aliphatic rings. The van der Waals surface area contributed by atoms with E-state index in [0.29, 0.717) is 18.7 Å². The zero-order chi connectivity index (χ0) is 19.3. The van der Waals surface area contributed by atoms with Crippen LogP contribution in [-0.2, 0) is 11.3 Å². The summed E-state index contributed by atoms with van der Waals surface area (Å²) in [5.41, 5.74) is 1.36. The molecule has 0 saturated carbocycles. The molecule has 3 unspecified atom stereocenters. The molecule has 1 aromatic carbocycles. The number of nitrogens with one attached hydrogen (secondary N) is 1. The highest BCUT2D eigenvalue weighted by Gasteiger charge is 2.56. The Morgan fingerprint density at radius 2 is 2.04 bits per heavy atom. The minimum Gasteiger partial charge on any atom is -0.310 e. The Bertz CT molecular complexity index is 815. The zero-order valence-electron chi connectivity index (χ0n) is 15.6. The van der Waals surface area contributed by atoms with Crippen LogP contribution in [0, 0.1) is 5.82 Å². The van der Waals surface area contributed by atoms with Gasteiger partial charge in [-0.1, -0.05) is 18.2 Å². The van der Waals surface area contributed by atoms with Crippen LogP contribution < -0.4 is 5.32 Å². The molecule has 1 N–H and O–H groups in total. The predicted molar refractivity (Wildman–Crippen MR) is 96.8 cm³/mol. The zero-order valence-corrected chi connectivity index (χ0v) is 15.6. The minimum absolute atomic E-state index is 0.207. The molecule has 9 heteroatoms. The van der Waals surface area contributed by atoms with E-state index in [-0.39, 0.29) is 30.6 Å². The molecule has 0 radical (unpaired) electrons. The van der Waals surface area contributed by atoms with E-state index in [1.807, 2.05) is 11.8 Å². The highest BCUT2D eigenvalue weighted by Crippen LogP contribution is 2.31. The maximum absolute atomic E-state index is 14.1. The van der Waals surface area contributed by atoms with E-state index in [4.69, 9.17) is 0 Å². The summed E-state index contributed by atoms with van der Waals surface area (Å²) >= 11 is 0. The molecule has 0 aliphatic carbocycles. The largest absolute Gasteiger partial charge is 0.327 e. The summed E-state index contributed by atoms with van der Waals surface area (Å²) in [5, 5.41) is 9.67. The number of carbonyl (C=O) groups excluding carboxylic acids is 2. The first kappa shape index (κ1) is 17.9. The Labute approximate surface area is 157 Å². The molecule has 3 atom stereocenters. The van der Waals surface area contributed by atoms with E-state index in [9.17, 15) is 14.0 Å². The quantitative estimate of drug-likeness (QED) is 0.848. The molecule has 0 spiro atoms. The number of imide groups is 1. The second-order valence-electron chi connectivity index (χ2n) is 7.10. The van der Waals surface area contributed by atoms with E-state index < -0.39 is 12.2 Å². The second-order valence-corrected chi connectivity index (χ2v) is 7.10. The van der Waals surface area contributed by atoms with Crippen LogP contribution in [0.15, 0.2) is 29.4 Å². The number of carbonyl (C=O) groups is 2. The van der Waals surface area contributed by atoms with E-state index in [0.717, 1.165) is 5.71 Å².